The van der Waals surface area contributed by atoms with Crippen LogP contribution in [0, 0.1) is 46.3 Å². The number of ether oxygens (including phenoxy) is 1. The molecular formula is C29H47ClO2. The largest absolute Gasteiger partial charge is 0.461 e. The minimum absolute atomic E-state index is 0.0329. The molecule has 0 amide bonds. The van der Waals surface area contributed by atoms with Gasteiger partial charge in [-0.15, -0.1) is 11.6 Å². The third kappa shape index (κ3) is 4.44. The summed E-state index contributed by atoms with van der Waals surface area (Å²) >= 11 is 5.68. The molecule has 3 saturated carbocycles. The minimum Gasteiger partial charge on any atom is -0.461 e. The Morgan fingerprint density at radius 1 is 1.09 bits per heavy atom. The van der Waals surface area contributed by atoms with Gasteiger partial charge in [-0.25, -0.2) is 0 Å². The standard InChI is InChI=1S/C29H47ClO2/c1-19(2)7-6-8-20(3)24-11-12-25-23-10-9-21-17-22(32-27(31)18-30)13-15-28(21,4)26(23)14-16-29(24,25)5/h9,19-20,22-26H,6-8,10-18H2,1-5H3/t20-,22-,23+,24-,25-,26+,28-,29+/m0/s1. The highest BCUT2D eigenvalue weighted by atomic mass is 35.5. The van der Waals surface area contributed by atoms with Crippen LogP contribution >= 0.6 is 11.6 Å². The number of fused-ring (bicyclic) bond motifs is 5. The molecule has 0 bridgehead atoms. The molecule has 0 aliphatic heterocycles. The van der Waals surface area contributed by atoms with Crippen molar-refractivity contribution in [1.29, 1.82) is 0 Å². The van der Waals surface area contributed by atoms with Gasteiger partial charge in [0, 0.05) is 6.42 Å². The highest BCUT2D eigenvalue weighted by molar-refractivity contribution is 6.26. The van der Waals surface area contributed by atoms with E-state index in [-0.39, 0.29) is 18.0 Å². The van der Waals surface area contributed by atoms with Gasteiger partial charge in [0.2, 0.25) is 0 Å². The number of carbonyl (C=O) groups excluding carboxylic acids is 1. The van der Waals surface area contributed by atoms with E-state index in [0.29, 0.717) is 10.8 Å². The van der Waals surface area contributed by atoms with Gasteiger partial charge in [0.25, 0.3) is 0 Å². The van der Waals surface area contributed by atoms with E-state index < -0.39 is 0 Å². The second kappa shape index (κ2) is 9.63. The lowest BCUT2D eigenvalue weighted by Gasteiger charge is -2.58. The van der Waals surface area contributed by atoms with Crippen LogP contribution in [0.25, 0.3) is 0 Å². The second-order valence-corrected chi connectivity index (χ2v) is 13.0. The third-order valence-corrected chi connectivity index (χ3v) is 10.9. The number of alkyl halides is 1. The maximum Gasteiger partial charge on any atom is 0.321 e. The van der Waals surface area contributed by atoms with Gasteiger partial charge in [-0.3, -0.25) is 4.79 Å². The highest BCUT2D eigenvalue weighted by Crippen LogP contribution is 2.67. The van der Waals surface area contributed by atoms with E-state index in [0.717, 1.165) is 48.3 Å². The van der Waals surface area contributed by atoms with Crippen LogP contribution in [-0.4, -0.2) is 18.0 Å². The van der Waals surface area contributed by atoms with Crippen molar-refractivity contribution in [2.24, 2.45) is 46.3 Å². The van der Waals surface area contributed by atoms with Gasteiger partial charge in [0.15, 0.2) is 0 Å². The van der Waals surface area contributed by atoms with Crippen LogP contribution in [0.1, 0.15) is 105 Å². The summed E-state index contributed by atoms with van der Waals surface area (Å²) in [5, 5.41) is 0. The first-order chi connectivity index (χ1) is 15.2. The fourth-order valence-electron chi connectivity index (χ4n) is 8.97. The van der Waals surface area contributed by atoms with E-state index in [1.54, 1.807) is 5.57 Å². The van der Waals surface area contributed by atoms with Crippen molar-refractivity contribution >= 4 is 17.6 Å². The van der Waals surface area contributed by atoms with E-state index in [2.05, 4.69) is 40.7 Å². The summed E-state index contributed by atoms with van der Waals surface area (Å²) in [6.07, 6.45) is 16.9. The van der Waals surface area contributed by atoms with E-state index in [4.69, 9.17) is 16.3 Å². The molecule has 0 aromatic carbocycles. The molecule has 0 unspecified atom stereocenters. The first-order valence-electron chi connectivity index (χ1n) is 13.6. The van der Waals surface area contributed by atoms with Gasteiger partial charge < -0.3 is 4.74 Å². The van der Waals surface area contributed by atoms with Crippen LogP contribution in [0.5, 0.6) is 0 Å². The second-order valence-electron chi connectivity index (χ2n) is 12.8. The van der Waals surface area contributed by atoms with Crippen molar-refractivity contribution in [2.45, 2.75) is 111 Å². The predicted molar refractivity (Wildman–Crippen MR) is 134 cm³/mol. The van der Waals surface area contributed by atoms with Crippen molar-refractivity contribution < 1.29 is 9.53 Å². The quantitative estimate of drug-likeness (QED) is 0.216. The lowest BCUT2D eigenvalue weighted by atomic mass is 9.47. The Labute approximate surface area is 202 Å². The zero-order valence-corrected chi connectivity index (χ0v) is 22.1. The zero-order chi connectivity index (χ0) is 23.1. The Balaban J connectivity index is 1.45. The fraction of sp³-hybridized carbons (Fsp3) is 0.897. The molecule has 0 aromatic rings. The predicted octanol–water partition coefficient (Wildman–Crippen LogP) is 8.18. The van der Waals surface area contributed by atoms with Crippen molar-refractivity contribution in [2.75, 3.05) is 5.88 Å². The molecule has 4 aliphatic rings. The highest BCUT2D eigenvalue weighted by Gasteiger charge is 2.59. The Bertz CT molecular complexity index is 714. The van der Waals surface area contributed by atoms with Crippen molar-refractivity contribution in [3.63, 3.8) is 0 Å². The molecule has 3 heteroatoms. The van der Waals surface area contributed by atoms with Gasteiger partial charge in [-0.2, -0.15) is 0 Å². The summed E-state index contributed by atoms with van der Waals surface area (Å²) in [6, 6.07) is 0. The maximum absolute atomic E-state index is 11.7. The molecule has 4 rings (SSSR count). The number of carbonyl (C=O) groups is 1. The summed E-state index contributed by atoms with van der Waals surface area (Å²) in [6.45, 7) is 12.5. The third-order valence-electron chi connectivity index (χ3n) is 10.7. The molecule has 8 atom stereocenters. The molecule has 0 N–H and O–H groups in total. The van der Waals surface area contributed by atoms with E-state index in [9.17, 15) is 4.79 Å². The van der Waals surface area contributed by atoms with Crippen molar-refractivity contribution in [3.05, 3.63) is 11.6 Å². The monoisotopic (exact) mass is 462 g/mol. The van der Waals surface area contributed by atoms with Gasteiger partial charge in [-0.05, 0) is 91.3 Å². The Hall–Kier alpha value is -0.500. The van der Waals surface area contributed by atoms with Gasteiger partial charge in [0.1, 0.15) is 12.0 Å². The number of hydrogen-bond donors (Lipinski definition) is 0. The average molecular weight is 463 g/mol. The average Bonchev–Trinajstić information content (AvgIpc) is 3.11. The molecule has 2 nitrogen and oxygen atoms in total. The lowest BCUT2D eigenvalue weighted by molar-refractivity contribution is -0.148. The lowest BCUT2D eigenvalue weighted by Crippen LogP contribution is -2.51. The van der Waals surface area contributed by atoms with Crippen LogP contribution in [0.3, 0.4) is 0 Å². The fourth-order valence-corrected chi connectivity index (χ4v) is 9.03. The van der Waals surface area contributed by atoms with Crippen LogP contribution in [0.4, 0.5) is 0 Å². The molecule has 0 saturated heterocycles. The van der Waals surface area contributed by atoms with Crippen LogP contribution in [-0.2, 0) is 9.53 Å². The summed E-state index contributed by atoms with van der Waals surface area (Å²) in [4.78, 5) is 11.7. The number of rotatable bonds is 7. The zero-order valence-electron chi connectivity index (χ0n) is 21.3. The van der Waals surface area contributed by atoms with Gasteiger partial charge in [-0.1, -0.05) is 65.5 Å². The summed E-state index contributed by atoms with van der Waals surface area (Å²) < 4.78 is 5.63. The molecule has 32 heavy (non-hydrogen) atoms. The number of halogens is 1. The topological polar surface area (TPSA) is 26.3 Å². The Morgan fingerprint density at radius 2 is 1.88 bits per heavy atom. The van der Waals surface area contributed by atoms with Crippen molar-refractivity contribution in [1.82, 2.24) is 0 Å². The molecule has 0 radical (unpaired) electrons. The van der Waals surface area contributed by atoms with Crippen molar-refractivity contribution in [3.8, 4) is 0 Å². The van der Waals surface area contributed by atoms with Crippen LogP contribution < -0.4 is 0 Å². The normalized spacial score (nSPS) is 42.0. The molecule has 0 aromatic heterocycles. The Kier molecular flexibility index (Phi) is 7.41. The minimum atomic E-state index is -0.262. The first-order valence-corrected chi connectivity index (χ1v) is 14.2. The van der Waals surface area contributed by atoms with Gasteiger partial charge >= 0.3 is 5.97 Å². The first kappa shape index (κ1) is 24.6. The molecular weight excluding hydrogens is 416 g/mol. The van der Waals surface area contributed by atoms with Crippen LogP contribution in [0.15, 0.2) is 11.6 Å². The maximum atomic E-state index is 11.7. The molecule has 4 aliphatic carbocycles. The molecule has 0 spiro atoms. The smallest absolute Gasteiger partial charge is 0.321 e. The van der Waals surface area contributed by atoms with E-state index in [1.807, 2.05) is 0 Å². The molecule has 0 heterocycles. The van der Waals surface area contributed by atoms with Gasteiger partial charge in [0.05, 0.1) is 0 Å². The van der Waals surface area contributed by atoms with E-state index in [1.165, 1.54) is 57.8 Å². The van der Waals surface area contributed by atoms with Crippen LogP contribution in [0.2, 0.25) is 0 Å². The number of esters is 1. The molecule has 182 valence electrons. The number of hydrogen-bond acceptors (Lipinski definition) is 2. The summed E-state index contributed by atoms with van der Waals surface area (Å²) in [7, 11) is 0. The SMILES string of the molecule is CC(C)CCC[C@H](C)[C@@H]1CC[C@H]2[C@H]3CC=C4C[C@@H](OC(=O)CCl)CC[C@]4(C)[C@@H]3CC[C@@]21C. The Morgan fingerprint density at radius 3 is 2.59 bits per heavy atom. The molecule has 3 fully saturated rings. The number of allylic oxidation sites excluding steroid dienone is 1. The summed E-state index contributed by atoms with van der Waals surface area (Å²) in [5.74, 6) is 4.92. The summed E-state index contributed by atoms with van der Waals surface area (Å²) in [5.41, 5.74) is 2.44. The van der Waals surface area contributed by atoms with E-state index >= 15 is 0 Å².